The molecule has 8 nitrogen and oxygen atoms in total. The zero-order chi connectivity index (χ0) is 18.4. The lowest BCUT2D eigenvalue weighted by atomic mass is 10.2. The maximum Gasteiger partial charge on any atom is 0.261 e. The van der Waals surface area contributed by atoms with Crippen LogP contribution in [0.4, 0.5) is 0 Å². The third-order valence-electron chi connectivity index (χ3n) is 3.76. The fourth-order valence-corrected chi connectivity index (χ4v) is 2.43. The van der Waals surface area contributed by atoms with Crippen molar-refractivity contribution in [3.8, 4) is 0 Å². The quantitative estimate of drug-likeness (QED) is 0.653. The topological polar surface area (TPSA) is 106 Å². The highest BCUT2D eigenvalue weighted by Gasteiger charge is 2.09. The number of fused-ring (bicyclic) bond motifs is 1. The highest BCUT2D eigenvalue weighted by atomic mass is 16.3. The van der Waals surface area contributed by atoms with Crippen LogP contribution in [0.15, 0.2) is 58.2 Å². The lowest BCUT2D eigenvalue weighted by molar-refractivity contribution is -0.122. The summed E-state index contributed by atoms with van der Waals surface area (Å²) in [5, 5.41) is 5.77. The van der Waals surface area contributed by atoms with Crippen molar-refractivity contribution >= 4 is 22.7 Å². The van der Waals surface area contributed by atoms with Gasteiger partial charge in [-0.05, 0) is 24.3 Å². The lowest BCUT2D eigenvalue weighted by Crippen LogP contribution is -2.35. The molecule has 2 amide bonds. The van der Waals surface area contributed by atoms with E-state index >= 15 is 0 Å². The first-order valence-electron chi connectivity index (χ1n) is 8.13. The SMILES string of the molecule is O=C(CCNC(=O)Cn1cnc2ccccc2c1=O)NCc1ccco1. The Labute approximate surface area is 148 Å². The summed E-state index contributed by atoms with van der Waals surface area (Å²) in [7, 11) is 0. The van der Waals surface area contributed by atoms with Crippen molar-refractivity contribution in [1.29, 1.82) is 0 Å². The Morgan fingerprint density at radius 3 is 2.73 bits per heavy atom. The van der Waals surface area contributed by atoms with Gasteiger partial charge in [0.1, 0.15) is 12.3 Å². The van der Waals surface area contributed by atoms with E-state index < -0.39 is 0 Å². The summed E-state index contributed by atoms with van der Waals surface area (Å²) in [5.74, 6) is 0.0971. The van der Waals surface area contributed by atoms with Gasteiger partial charge in [-0.25, -0.2) is 4.98 Å². The molecule has 1 aromatic carbocycles. The van der Waals surface area contributed by atoms with Crippen LogP contribution in [-0.4, -0.2) is 27.9 Å². The number of aromatic nitrogens is 2. The summed E-state index contributed by atoms with van der Waals surface area (Å²) >= 11 is 0. The van der Waals surface area contributed by atoms with Crippen molar-refractivity contribution in [1.82, 2.24) is 20.2 Å². The molecule has 26 heavy (non-hydrogen) atoms. The Bertz CT molecular complexity index is 963. The molecule has 0 unspecified atom stereocenters. The second-order valence-electron chi connectivity index (χ2n) is 5.65. The Hall–Kier alpha value is -3.42. The number of para-hydroxylation sites is 1. The number of furan rings is 1. The third kappa shape index (κ3) is 4.35. The Morgan fingerprint density at radius 1 is 1.08 bits per heavy atom. The van der Waals surface area contributed by atoms with Gasteiger partial charge in [0.25, 0.3) is 5.56 Å². The van der Waals surface area contributed by atoms with Crippen LogP contribution in [0.1, 0.15) is 12.2 Å². The number of hydrogen-bond acceptors (Lipinski definition) is 5. The van der Waals surface area contributed by atoms with Crippen LogP contribution in [0.5, 0.6) is 0 Å². The zero-order valence-electron chi connectivity index (χ0n) is 14.0. The molecule has 0 aliphatic heterocycles. The van der Waals surface area contributed by atoms with Gasteiger partial charge >= 0.3 is 0 Å². The molecule has 0 aliphatic rings. The lowest BCUT2D eigenvalue weighted by Gasteiger charge is -2.08. The summed E-state index contributed by atoms with van der Waals surface area (Å²) in [4.78, 5) is 40.2. The molecule has 3 rings (SSSR count). The van der Waals surface area contributed by atoms with Crippen LogP contribution in [0, 0.1) is 0 Å². The van der Waals surface area contributed by atoms with Gasteiger partial charge in [-0.3, -0.25) is 19.0 Å². The van der Waals surface area contributed by atoms with Gasteiger partial charge in [0.2, 0.25) is 11.8 Å². The highest BCUT2D eigenvalue weighted by Crippen LogP contribution is 2.04. The minimum atomic E-state index is -0.358. The van der Waals surface area contributed by atoms with Crippen LogP contribution in [-0.2, 0) is 22.7 Å². The highest BCUT2D eigenvalue weighted by molar-refractivity contribution is 5.80. The molecule has 0 spiro atoms. The van der Waals surface area contributed by atoms with E-state index in [2.05, 4.69) is 15.6 Å². The molecule has 0 saturated carbocycles. The average molecular weight is 354 g/mol. The summed E-state index contributed by atoms with van der Waals surface area (Å²) in [6.07, 6.45) is 3.02. The van der Waals surface area contributed by atoms with Gasteiger partial charge < -0.3 is 15.1 Å². The second kappa shape index (κ2) is 8.11. The molecule has 0 bridgehead atoms. The molecule has 0 atom stereocenters. The summed E-state index contributed by atoms with van der Waals surface area (Å²) < 4.78 is 6.36. The number of carbonyl (C=O) groups excluding carboxylic acids is 2. The number of rotatable bonds is 7. The smallest absolute Gasteiger partial charge is 0.261 e. The first-order valence-corrected chi connectivity index (χ1v) is 8.13. The Kier molecular flexibility index (Phi) is 5.43. The first kappa shape index (κ1) is 17.4. The van der Waals surface area contributed by atoms with E-state index in [0.717, 1.165) is 0 Å². The number of carbonyl (C=O) groups is 2. The molecule has 134 valence electrons. The fourth-order valence-electron chi connectivity index (χ4n) is 2.43. The van der Waals surface area contributed by atoms with E-state index in [-0.39, 0.29) is 36.9 Å². The van der Waals surface area contributed by atoms with Crippen LogP contribution in [0.25, 0.3) is 10.9 Å². The monoisotopic (exact) mass is 354 g/mol. The van der Waals surface area contributed by atoms with E-state index in [1.807, 2.05) is 0 Å². The van der Waals surface area contributed by atoms with Crippen molar-refractivity contribution in [3.05, 3.63) is 65.1 Å². The minimum absolute atomic E-state index is 0.136. The van der Waals surface area contributed by atoms with Crippen LogP contribution in [0.3, 0.4) is 0 Å². The maximum absolute atomic E-state index is 12.3. The number of nitrogens with one attached hydrogen (secondary N) is 2. The van der Waals surface area contributed by atoms with E-state index in [1.54, 1.807) is 36.4 Å². The first-order chi connectivity index (χ1) is 12.6. The van der Waals surface area contributed by atoms with E-state index in [1.165, 1.54) is 17.2 Å². The van der Waals surface area contributed by atoms with Crippen molar-refractivity contribution in [2.75, 3.05) is 6.54 Å². The fraction of sp³-hybridized carbons (Fsp3) is 0.222. The summed E-state index contributed by atoms with van der Waals surface area (Å²) in [6.45, 7) is 0.335. The standard InChI is InChI=1S/C18H18N4O4/c23-16(20-10-13-4-3-9-26-13)7-8-19-17(24)11-22-12-21-15-6-2-1-5-14(15)18(22)25/h1-6,9,12H,7-8,10-11H2,(H,19,24)(H,20,23). The maximum atomic E-state index is 12.3. The number of hydrogen-bond donors (Lipinski definition) is 2. The molecule has 3 aromatic rings. The van der Waals surface area contributed by atoms with Gasteiger partial charge in [-0.1, -0.05) is 12.1 Å². The molecule has 0 saturated heterocycles. The molecular weight excluding hydrogens is 336 g/mol. The molecular formula is C18H18N4O4. The minimum Gasteiger partial charge on any atom is -0.467 e. The van der Waals surface area contributed by atoms with Gasteiger partial charge in [0, 0.05) is 13.0 Å². The van der Waals surface area contributed by atoms with E-state index in [4.69, 9.17) is 4.42 Å². The van der Waals surface area contributed by atoms with E-state index in [0.29, 0.717) is 23.2 Å². The van der Waals surface area contributed by atoms with Crippen molar-refractivity contribution in [2.24, 2.45) is 0 Å². The molecule has 8 heteroatoms. The molecule has 2 heterocycles. The molecule has 0 aliphatic carbocycles. The zero-order valence-corrected chi connectivity index (χ0v) is 14.0. The van der Waals surface area contributed by atoms with Crippen LogP contribution >= 0.6 is 0 Å². The van der Waals surface area contributed by atoms with Gasteiger partial charge in [0.05, 0.1) is 30.0 Å². The third-order valence-corrected chi connectivity index (χ3v) is 3.76. The van der Waals surface area contributed by atoms with Crippen molar-refractivity contribution in [2.45, 2.75) is 19.5 Å². The van der Waals surface area contributed by atoms with Crippen LogP contribution in [0.2, 0.25) is 0 Å². The van der Waals surface area contributed by atoms with Crippen LogP contribution < -0.4 is 16.2 Å². The van der Waals surface area contributed by atoms with Crippen molar-refractivity contribution in [3.63, 3.8) is 0 Å². The van der Waals surface area contributed by atoms with Crippen molar-refractivity contribution < 1.29 is 14.0 Å². The normalized spacial score (nSPS) is 10.6. The summed E-state index contributed by atoms with van der Waals surface area (Å²) in [5.41, 5.74) is 0.310. The van der Waals surface area contributed by atoms with Gasteiger partial charge in [-0.2, -0.15) is 0 Å². The molecule has 0 radical (unpaired) electrons. The number of nitrogens with zero attached hydrogens (tertiary/aromatic N) is 2. The Morgan fingerprint density at radius 2 is 1.92 bits per heavy atom. The predicted octanol–water partition coefficient (Wildman–Crippen LogP) is 0.812. The average Bonchev–Trinajstić information content (AvgIpc) is 3.16. The molecule has 2 aromatic heterocycles. The van der Waals surface area contributed by atoms with Gasteiger partial charge in [-0.15, -0.1) is 0 Å². The molecule has 0 fully saturated rings. The predicted molar refractivity (Wildman–Crippen MR) is 94.2 cm³/mol. The Balaban J connectivity index is 1.46. The van der Waals surface area contributed by atoms with E-state index in [9.17, 15) is 14.4 Å². The second-order valence-corrected chi connectivity index (χ2v) is 5.65. The molecule has 2 N–H and O–H groups in total. The number of amides is 2. The number of benzene rings is 1. The summed E-state index contributed by atoms with van der Waals surface area (Å²) in [6, 6.07) is 10.5. The largest absolute Gasteiger partial charge is 0.467 e. The van der Waals surface area contributed by atoms with Gasteiger partial charge in [0.15, 0.2) is 0 Å².